The molecule has 1 N–H and O–H groups in total. The summed E-state index contributed by atoms with van der Waals surface area (Å²) in [6.45, 7) is -0.677. The van der Waals surface area contributed by atoms with Crippen LogP contribution in [0.4, 0.5) is 8.78 Å². The van der Waals surface area contributed by atoms with Crippen molar-refractivity contribution in [2.45, 2.75) is 0 Å². The third-order valence-electron chi connectivity index (χ3n) is 3.52. The lowest BCUT2D eigenvalue weighted by atomic mass is 10.1. The molecule has 2 aromatic carbocycles. The molecule has 1 aliphatic heterocycles. The van der Waals surface area contributed by atoms with Gasteiger partial charge in [-0.05, 0) is 35.5 Å². The summed E-state index contributed by atoms with van der Waals surface area (Å²) in [7, 11) is 0. The molecule has 0 aromatic heterocycles. The molecule has 25 heavy (non-hydrogen) atoms. The molecule has 1 heterocycles. The van der Waals surface area contributed by atoms with E-state index in [0.717, 1.165) is 12.1 Å². The van der Waals surface area contributed by atoms with E-state index in [0.29, 0.717) is 15.4 Å². The van der Waals surface area contributed by atoms with Crippen molar-refractivity contribution in [1.29, 1.82) is 0 Å². The van der Waals surface area contributed by atoms with Crippen LogP contribution >= 0.6 is 11.6 Å². The van der Waals surface area contributed by atoms with Gasteiger partial charge in [-0.15, -0.1) is 4.91 Å². The molecule has 0 radical (unpaired) electrons. The third-order valence-corrected chi connectivity index (χ3v) is 3.76. The molecule has 0 saturated heterocycles. The van der Waals surface area contributed by atoms with Crippen LogP contribution in [0.1, 0.15) is 5.56 Å². The van der Waals surface area contributed by atoms with Gasteiger partial charge in [0.1, 0.15) is 24.0 Å². The van der Waals surface area contributed by atoms with Crippen LogP contribution in [-0.4, -0.2) is 29.3 Å². The van der Waals surface area contributed by atoms with Crippen LogP contribution in [0, 0.1) is 16.5 Å². The van der Waals surface area contributed by atoms with Gasteiger partial charge < -0.3 is 0 Å². The molecule has 0 fully saturated rings. The van der Waals surface area contributed by atoms with E-state index in [1.54, 1.807) is 6.07 Å². The Morgan fingerprint density at radius 3 is 2.64 bits per heavy atom. The molecule has 9 heteroatoms. The predicted octanol–water partition coefficient (Wildman–Crippen LogP) is 2.22. The van der Waals surface area contributed by atoms with Crippen molar-refractivity contribution in [3.8, 4) is 0 Å². The minimum atomic E-state index is -0.852. The Bertz CT molecular complexity index is 974. The van der Waals surface area contributed by atoms with Crippen molar-refractivity contribution < 1.29 is 14.0 Å². The smallest absolute Gasteiger partial charge is 0.173 e. The summed E-state index contributed by atoms with van der Waals surface area (Å²) in [6, 6.07) is 7.89. The SMILES string of the molecule is O=NC/N=C1/CN(O)C(c2c(F)cccc2F)=c2cc(Cl)ccc2=N1. The Morgan fingerprint density at radius 2 is 1.96 bits per heavy atom. The van der Waals surface area contributed by atoms with Crippen molar-refractivity contribution in [1.82, 2.24) is 5.06 Å². The van der Waals surface area contributed by atoms with Crippen molar-refractivity contribution in [3.05, 3.63) is 74.1 Å². The first-order chi connectivity index (χ1) is 12.0. The zero-order valence-corrected chi connectivity index (χ0v) is 13.4. The van der Waals surface area contributed by atoms with E-state index in [9.17, 15) is 18.9 Å². The van der Waals surface area contributed by atoms with Crippen molar-refractivity contribution in [2.24, 2.45) is 15.2 Å². The highest BCUT2D eigenvalue weighted by molar-refractivity contribution is 6.30. The summed E-state index contributed by atoms with van der Waals surface area (Å²) in [4.78, 5) is 18.4. The van der Waals surface area contributed by atoms with Gasteiger partial charge >= 0.3 is 0 Å². The number of nitrogens with zero attached hydrogens (tertiary/aromatic N) is 4. The van der Waals surface area contributed by atoms with Crippen LogP contribution in [0.2, 0.25) is 5.02 Å². The molecular weight excluding hydrogens is 354 g/mol. The highest BCUT2D eigenvalue weighted by Crippen LogP contribution is 2.22. The number of hydrogen-bond donors (Lipinski definition) is 1. The lowest BCUT2D eigenvalue weighted by Gasteiger charge is -2.20. The van der Waals surface area contributed by atoms with Crippen LogP contribution < -0.4 is 10.6 Å². The molecular formula is C16H11ClF2N4O2. The van der Waals surface area contributed by atoms with Gasteiger partial charge in [0, 0.05) is 10.2 Å². The molecule has 0 saturated carbocycles. The van der Waals surface area contributed by atoms with Crippen LogP contribution in [0.15, 0.2) is 51.6 Å². The van der Waals surface area contributed by atoms with Gasteiger partial charge in [0.05, 0.1) is 16.6 Å². The summed E-state index contributed by atoms with van der Waals surface area (Å²) < 4.78 is 28.6. The second kappa shape index (κ2) is 7.04. The van der Waals surface area contributed by atoms with Crippen LogP contribution in [0.5, 0.6) is 0 Å². The number of nitroso groups, excluding NO2 is 1. The largest absolute Gasteiger partial charge is 0.288 e. The number of amidine groups is 1. The van der Waals surface area contributed by atoms with E-state index in [4.69, 9.17) is 11.6 Å². The lowest BCUT2D eigenvalue weighted by molar-refractivity contribution is -0.0125. The van der Waals surface area contributed by atoms with Gasteiger partial charge in [0.25, 0.3) is 0 Å². The predicted molar refractivity (Wildman–Crippen MR) is 87.7 cm³/mol. The van der Waals surface area contributed by atoms with E-state index >= 15 is 0 Å². The Kier molecular flexibility index (Phi) is 4.82. The first kappa shape index (κ1) is 17.1. The minimum absolute atomic E-state index is 0.0809. The standard InChI is InChI=1S/C16H11ClF2N4O2/c17-9-4-5-13-10(6-9)16(15-11(18)2-1-3-12(15)19)23(25)7-14(22-13)20-8-21-24/h1-6,25H,7-8H2/b20-14-. The maximum atomic E-state index is 14.3. The fourth-order valence-electron chi connectivity index (χ4n) is 2.51. The van der Waals surface area contributed by atoms with Gasteiger partial charge in [0.2, 0.25) is 0 Å². The van der Waals surface area contributed by atoms with E-state index in [2.05, 4.69) is 15.2 Å². The van der Waals surface area contributed by atoms with Gasteiger partial charge in [0.15, 0.2) is 6.67 Å². The van der Waals surface area contributed by atoms with Crippen LogP contribution in [0.25, 0.3) is 5.70 Å². The van der Waals surface area contributed by atoms with Crippen LogP contribution in [-0.2, 0) is 0 Å². The summed E-state index contributed by atoms with van der Waals surface area (Å²) >= 11 is 6.00. The Labute approximate surface area is 145 Å². The van der Waals surface area contributed by atoms with Gasteiger partial charge in [-0.3, -0.25) is 5.21 Å². The number of hydrogen-bond acceptors (Lipinski definition) is 5. The maximum absolute atomic E-state index is 14.3. The zero-order chi connectivity index (χ0) is 18.0. The van der Waals surface area contributed by atoms with E-state index < -0.39 is 17.2 Å². The highest BCUT2D eigenvalue weighted by atomic mass is 35.5. The number of aliphatic imine (C=N–C) groups is 1. The molecule has 0 spiro atoms. The Balaban J connectivity index is 2.40. The number of hydroxylamine groups is 2. The molecule has 0 atom stereocenters. The van der Waals surface area contributed by atoms with Crippen molar-refractivity contribution >= 4 is 23.1 Å². The first-order valence-electron chi connectivity index (χ1n) is 7.13. The fraction of sp³-hybridized carbons (Fsp3) is 0.125. The molecule has 0 unspecified atom stereocenters. The normalized spacial score (nSPS) is 15.6. The van der Waals surface area contributed by atoms with E-state index in [1.807, 2.05) is 0 Å². The summed E-state index contributed by atoms with van der Waals surface area (Å²) in [5.41, 5.74) is -0.556. The number of halogens is 3. The molecule has 0 bridgehead atoms. The quantitative estimate of drug-likeness (QED) is 0.848. The molecule has 0 amide bonds. The average Bonchev–Trinajstić information content (AvgIpc) is 2.70. The lowest BCUT2D eigenvalue weighted by Crippen LogP contribution is -2.32. The first-order valence-corrected chi connectivity index (χ1v) is 7.51. The number of benzene rings is 2. The summed E-state index contributed by atoms with van der Waals surface area (Å²) in [5, 5.41) is 14.5. The Hall–Kier alpha value is -2.71. The fourth-order valence-corrected chi connectivity index (χ4v) is 2.68. The summed E-state index contributed by atoms with van der Waals surface area (Å²) in [6.07, 6.45) is 0. The van der Waals surface area contributed by atoms with E-state index in [1.165, 1.54) is 18.2 Å². The highest BCUT2D eigenvalue weighted by Gasteiger charge is 2.23. The summed E-state index contributed by atoms with van der Waals surface area (Å²) in [5.74, 6) is -1.62. The number of fused-ring (bicyclic) bond motifs is 1. The molecule has 6 nitrogen and oxygen atoms in total. The van der Waals surface area contributed by atoms with Crippen LogP contribution in [0.3, 0.4) is 0 Å². The average molecular weight is 365 g/mol. The molecule has 0 aliphatic carbocycles. The third kappa shape index (κ3) is 3.40. The molecule has 128 valence electrons. The second-order valence-corrected chi connectivity index (χ2v) is 5.56. The topological polar surface area (TPSA) is 77.6 Å². The van der Waals surface area contributed by atoms with Gasteiger partial charge in [-0.1, -0.05) is 17.7 Å². The Morgan fingerprint density at radius 1 is 1.24 bits per heavy atom. The van der Waals surface area contributed by atoms with Crippen molar-refractivity contribution in [3.63, 3.8) is 0 Å². The monoisotopic (exact) mass is 364 g/mol. The molecule has 1 aliphatic rings. The zero-order valence-electron chi connectivity index (χ0n) is 12.7. The second-order valence-electron chi connectivity index (χ2n) is 5.12. The number of rotatable bonds is 3. The molecule has 2 aromatic rings. The molecule has 3 rings (SSSR count). The van der Waals surface area contributed by atoms with Gasteiger partial charge in [-0.25, -0.2) is 23.8 Å². The minimum Gasteiger partial charge on any atom is -0.288 e. The van der Waals surface area contributed by atoms with E-state index in [-0.39, 0.29) is 30.0 Å². The maximum Gasteiger partial charge on any atom is 0.173 e. The van der Waals surface area contributed by atoms with Gasteiger partial charge in [-0.2, -0.15) is 0 Å². The van der Waals surface area contributed by atoms with Crippen molar-refractivity contribution in [2.75, 3.05) is 13.2 Å².